The molecule has 4 aromatic carbocycles. The maximum absolute atomic E-state index is 2.35. The predicted octanol–water partition coefficient (Wildman–Crippen LogP) is 8.37. The summed E-state index contributed by atoms with van der Waals surface area (Å²) >= 11 is 1.93. The highest BCUT2D eigenvalue weighted by molar-refractivity contribution is 7.12. The van der Waals surface area contributed by atoms with Crippen molar-refractivity contribution in [2.45, 2.75) is 11.8 Å². The predicted molar refractivity (Wildman–Crippen MR) is 189 cm³/mol. The third-order valence-corrected chi connectivity index (χ3v) is 9.40. The van der Waals surface area contributed by atoms with Gasteiger partial charge in [-0.2, -0.15) is 0 Å². The van der Waals surface area contributed by atoms with Crippen LogP contribution in [0.3, 0.4) is 0 Å². The lowest BCUT2D eigenvalue weighted by Crippen LogP contribution is -2.10. The summed E-state index contributed by atoms with van der Waals surface area (Å²) in [5, 5.41) is 0. The summed E-state index contributed by atoms with van der Waals surface area (Å²) in [7, 11) is 16.7. The molecule has 43 heavy (non-hydrogen) atoms. The molecule has 5 aromatic rings. The summed E-state index contributed by atoms with van der Waals surface area (Å²) in [4.78, 5) is 11.3. The van der Waals surface area contributed by atoms with Crippen LogP contribution >= 0.6 is 11.3 Å². The summed E-state index contributed by atoms with van der Waals surface area (Å²) in [6, 6.07) is 40.8. The van der Waals surface area contributed by atoms with Crippen LogP contribution in [-0.4, -0.2) is 56.4 Å². The lowest BCUT2D eigenvalue weighted by molar-refractivity contribution is 0.998. The van der Waals surface area contributed by atoms with E-state index in [0.717, 1.165) is 0 Å². The van der Waals surface area contributed by atoms with E-state index in [1.807, 2.05) is 11.3 Å². The van der Waals surface area contributed by atoms with Crippen molar-refractivity contribution in [2.24, 2.45) is 0 Å². The molecule has 1 heterocycles. The van der Waals surface area contributed by atoms with E-state index in [4.69, 9.17) is 0 Å². The molecular weight excluding hydrogens is 545 g/mol. The number of anilines is 4. The molecule has 5 rings (SSSR count). The number of rotatable bonds is 10. The maximum Gasteiger partial charge on any atom is 0.0434 e. The normalized spacial score (nSPS) is 11.2. The van der Waals surface area contributed by atoms with E-state index < -0.39 is 0 Å². The van der Waals surface area contributed by atoms with E-state index in [2.05, 4.69) is 185 Å². The van der Waals surface area contributed by atoms with E-state index in [9.17, 15) is 0 Å². The summed E-state index contributed by atoms with van der Waals surface area (Å²) in [6.45, 7) is 0. The third-order valence-electron chi connectivity index (χ3n) is 8.19. The van der Waals surface area contributed by atoms with Gasteiger partial charge in [0.2, 0.25) is 0 Å². The van der Waals surface area contributed by atoms with Crippen LogP contribution < -0.4 is 19.6 Å². The topological polar surface area (TPSA) is 13.0 Å². The highest BCUT2D eigenvalue weighted by Crippen LogP contribution is 2.42. The monoisotopic (exact) mass is 588 g/mol. The molecule has 0 N–H and O–H groups in total. The van der Waals surface area contributed by atoms with Crippen LogP contribution in [0.2, 0.25) is 0 Å². The molecule has 0 aliphatic heterocycles. The first-order valence-corrected chi connectivity index (χ1v) is 15.6. The van der Waals surface area contributed by atoms with Crippen molar-refractivity contribution in [1.82, 2.24) is 0 Å². The number of thiophene rings is 1. The van der Waals surface area contributed by atoms with Crippen LogP contribution in [0.5, 0.6) is 0 Å². The molecule has 4 nitrogen and oxygen atoms in total. The largest absolute Gasteiger partial charge is 0.378 e. The fourth-order valence-electron chi connectivity index (χ4n) is 5.58. The van der Waals surface area contributed by atoms with E-state index in [0.29, 0.717) is 0 Å². The summed E-state index contributed by atoms with van der Waals surface area (Å²) in [5.41, 5.74) is 10.1. The Hall–Kier alpha value is -4.22. The highest BCUT2D eigenvalue weighted by Gasteiger charge is 2.24. The molecule has 0 saturated carbocycles. The van der Waals surface area contributed by atoms with Crippen LogP contribution in [0.1, 0.15) is 43.8 Å². The zero-order valence-electron chi connectivity index (χ0n) is 26.7. The molecule has 1 aromatic heterocycles. The van der Waals surface area contributed by atoms with Gasteiger partial charge in [-0.1, -0.05) is 48.5 Å². The minimum Gasteiger partial charge on any atom is -0.378 e. The van der Waals surface area contributed by atoms with Gasteiger partial charge >= 0.3 is 0 Å². The van der Waals surface area contributed by atoms with Gasteiger partial charge in [-0.3, -0.25) is 0 Å². The Morgan fingerprint density at radius 1 is 0.326 bits per heavy atom. The van der Waals surface area contributed by atoms with Gasteiger partial charge in [0.25, 0.3) is 0 Å². The van der Waals surface area contributed by atoms with Crippen LogP contribution in [0, 0.1) is 0 Å². The first-order valence-electron chi connectivity index (χ1n) is 14.8. The number of nitrogens with zero attached hydrogens (tertiary/aromatic N) is 4. The minimum atomic E-state index is 0.152. The lowest BCUT2D eigenvalue weighted by atomic mass is 9.88. The summed E-state index contributed by atoms with van der Waals surface area (Å²) in [6.07, 6.45) is 0. The maximum atomic E-state index is 2.35. The molecule has 0 radical (unpaired) electrons. The van der Waals surface area contributed by atoms with Crippen LogP contribution in [-0.2, 0) is 0 Å². The SMILES string of the molecule is CN(C)c1ccc(C(c2ccc(N(C)C)cc2)c2ccc(C(c3ccc(N(C)C)cc3)c3ccc(N(C)C)cc3)s2)cc1. The standard InChI is InChI=1S/C38H44N4S/c1-39(2)31-17-9-27(10-18-31)37(28-11-19-32(20-12-28)40(3)4)35-25-26-36(43-35)38(29-13-21-33(22-14-29)41(5)6)30-15-23-34(24-16-30)42(7)8/h9-26,37-38H,1-8H3. The van der Waals surface area contributed by atoms with Gasteiger partial charge in [-0.25, -0.2) is 0 Å². The molecule has 0 aliphatic carbocycles. The molecule has 0 saturated heterocycles. The van der Waals surface area contributed by atoms with Gasteiger partial charge in [0.05, 0.1) is 0 Å². The first kappa shape index (κ1) is 30.2. The van der Waals surface area contributed by atoms with Gasteiger partial charge in [-0.15, -0.1) is 11.3 Å². The van der Waals surface area contributed by atoms with Gasteiger partial charge in [0.1, 0.15) is 0 Å². The molecule has 0 bridgehead atoms. The fraction of sp³-hybridized carbons (Fsp3) is 0.263. The molecule has 222 valence electrons. The second kappa shape index (κ2) is 13.0. The van der Waals surface area contributed by atoms with Crippen molar-refractivity contribution in [1.29, 1.82) is 0 Å². The second-order valence-corrected chi connectivity index (χ2v) is 13.2. The van der Waals surface area contributed by atoms with E-state index in [1.54, 1.807) is 0 Å². The zero-order chi connectivity index (χ0) is 30.7. The van der Waals surface area contributed by atoms with Crippen molar-refractivity contribution >= 4 is 34.1 Å². The number of hydrogen-bond acceptors (Lipinski definition) is 5. The van der Waals surface area contributed by atoms with Crippen molar-refractivity contribution in [3.63, 3.8) is 0 Å². The van der Waals surface area contributed by atoms with E-state index in [1.165, 1.54) is 54.8 Å². The Kier molecular flexibility index (Phi) is 9.12. The Morgan fingerprint density at radius 3 is 0.721 bits per heavy atom. The summed E-state index contributed by atoms with van der Waals surface area (Å²) < 4.78 is 0. The van der Waals surface area contributed by atoms with Crippen molar-refractivity contribution in [3.05, 3.63) is 141 Å². The second-order valence-electron chi connectivity index (χ2n) is 12.0. The number of hydrogen-bond donors (Lipinski definition) is 0. The van der Waals surface area contributed by atoms with Gasteiger partial charge in [-0.05, 0) is 82.9 Å². The van der Waals surface area contributed by atoms with Gasteiger partial charge in [0.15, 0.2) is 0 Å². The Bertz CT molecular complexity index is 1370. The fourth-order valence-corrected chi connectivity index (χ4v) is 6.90. The average Bonchev–Trinajstić information content (AvgIpc) is 3.47. The van der Waals surface area contributed by atoms with Crippen molar-refractivity contribution < 1.29 is 0 Å². The van der Waals surface area contributed by atoms with Crippen LogP contribution in [0.4, 0.5) is 22.7 Å². The van der Waals surface area contributed by atoms with E-state index in [-0.39, 0.29) is 11.8 Å². The Morgan fingerprint density at radius 2 is 0.535 bits per heavy atom. The van der Waals surface area contributed by atoms with Gasteiger partial charge < -0.3 is 19.6 Å². The smallest absolute Gasteiger partial charge is 0.0434 e. The van der Waals surface area contributed by atoms with Crippen molar-refractivity contribution in [3.8, 4) is 0 Å². The first-order chi connectivity index (χ1) is 20.6. The van der Waals surface area contributed by atoms with E-state index >= 15 is 0 Å². The zero-order valence-corrected chi connectivity index (χ0v) is 27.6. The van der Waals surface area contributed by atoms with Crippen LogP contribution in [0.25, 0.3) is 0 Å². The molecule has 0 amide bonds. The number of benzene rings is 4. The molecular formula is C38H44N4S. The third kappa shape index (κ3) is 6.73. The molecule has 5 heteroatoms. The Labute approximate surface area is 262 Å². The molecule has 0 atom stereocenters. The summed E-state index contributed by atoms with van der Waals surface area (Å²) in [5.74, 6) is 0.304. The molecule has 0 aliphatic rings. The van der Waals surface area contributed by atoms with Gasteiger partial charge in [0, 0.05) is 101 Å². The minimum absolute atomic E-state index is 0.152. The Balaban J connectivity index is 1.60. The highest BCUT2D eigenvalue weighted by atomic mass is 32.1. The molecule has 0 spiro atoms. The molecule has 0 unspecified atom stereocenters. The average molecular weight is 589 g/mol. The molecule has 0 fully saturated rings. The van der Waals surface area contributed by atoms with Crippen LogP contribution in [0.15, 0.2) is 109 Å². The van der Waals surface area contributed by atoms with Crippen molar-refractivity contribution in [2.75, 3.05) is 76.0 Å². The quantitative estimate of drug-likeness (QED) is 0.162. The lowest BCUT2D eigenvalue weighted by Gasteiger charge is -2.21.